The Morgan fingerprint density at radius 2 is 1.93 bits per heavy atom. The molecule has 78 valence electrons. The minimum absolute atomic E-state index is 0.0774. The summed E-state index contributed by atoms with van der Waals surface area (Å²) in [4.78, 5) is 9.21. The molecule has 1 aromatic carbocycles. The van der Waals surface area contributed by atoms with Gasteiger partial charge in [0.1, 0.15) is 5.75 Å². The van der Waals surface area contributed by atoms with Crippen molar-refractivity contribution in [3.8, 4) is 5.75 Å². The van der Waals surface area contributed by atoms with Crippen molar-refractivity contribution in [1.29, 1.82) is 0 Å². The fourth-order valence-corrected chi connectivity index (χ4v) is 1.43. The van der Waals surface area contributed by atoms with Gasteiger partial charge in [-0.3, -0.25) is 0 Å². The number of rotatable bonds is 5. The highest BCUT2D eigenvalue weighted by Gasteiger charge is 2.07. The lowest BCUT2D eigenvalue weighted by atomic mass is 10.2. The van der Waals surface area contributed by atoms with Crippen LogP contribution in [-0.2, 0) is 4.52 Å². The summed E-state index contributed by atoms with van der Waals surface area (Å²) in [7, 11) is -1.93. The van der Waals surface area contributed by atoms with Gasteiger partial charge in [-0.25, -0.2) is 0 Å². The number of aryl methyl sites for hydroxylation is 1. The molecular weight excluding hydrogens is 203 g/mol. The van der Waals surface area contributed by atoms with Crippen LogP contribution in [0.5, 0.6) is 5.75 Å². The van der Waals surface area contributed by atoms with Crippen LogP contribution in [0.3, 0.4) is 0 Å². The van der Waals surface area contributed by atoms with E-state index in [-0.39, 0.29) is 13.2 Å². The topological polar surface area (TPSA) is 58.9 Å². The van der Waals surface area contributed by atoms with E-state index >= 15 is 0 Å². The Morgan fingerprint density at radius 3 is 2.50 bits per heavy atom. The Balaban J connectivity index is 2.39. The van der Waals surface area contributed by atoms with Crippen molar-refractivity contribution >= 4 is 8.60 Å². The van der Waals surface area contributed by atoms with Crippen LogP contribution >= 0.6 is 8.60 Å². The summed E-state index contributed by atoms with van der Waals surface area (Å²) in [6.45, 7) is 1.92. The van der Waals surface area contributed by atoms with Gasteiger partial charge >= 0.3 is 8.60 Å². The fraction of sp³-hybridized carbons (Fsp3) is 0.333. The van der Waals surface area contributed by atoms with E-state index in [4.69, 9.17) is 14.2 Å². The third-order valence-corrected chi connectivity index (χ3v) is 2.27. The molecule has 2 N–H and O–H groups in total. The van der Waals surface area contributed by atoms with Crippen LogP contribution in [0.4, 0.5) is 0 Å². The van der Waals surface area contributed by atoms with Gasteiger partial charge in [-0.2, -0.15) is 0 Å². The average molecular weight is 216 g/mol. The lowest BCUT2D eigenvalue weighted by Gasteiger charge is -2.10. The first kappa shape index (κ1) is 11.4. The second kappa shape index (κ2) is 5.94. The van der Waals surface area contributed by atoms with E-state index in [0.717, 1.165) is 5.56 Å². The van der Waals surface area contributed by atoms with Gasteiger partial charge in [0.25, 0.3) is 0 Å². The van der Waals surface area contributed by atoms with Gasteiger partial charge in [0.05, 0.1) is 13.2 Å². The molecule has 0 aliphatic heterocycles. The first-order chi connectivity index (χ1) is 6.72. The molecule has 0 fully saturated rings. The maximum absolute atomic E-state index is 9.21. The van der Waals surface area contributed by atoms with Crippen molar-refractivity contribution in [3.05, 3.63) is 29.8 Å². The molecule has 0 amide bonds. The number of benzene rings is 1. The van der Waals surface area contributed by atoms with Gasteiger partial charge in [-0.1, -0.05) is 17.7 Å². The third kappa shape index (κ3) is 4.03. The van der Waals surface area contributed by atoms with Crippen LogP contribution in [-0.4, -0.2) is 23.2 Å². The lowest BCUT2D eigenvalue weighted by molar-refractivity contribution is 0.184. The monoisotopic (exact) mass is 216 g/mol. The van der Waals surface area contributed by atoms with Crippen molar-refractivity contribution in [2.24, 2.45) is 0 Å². The van der Waals surface area contributed by atoms with Crippen LogP contribution in [0.25, 0.3) is 0 Å². The SMILES string of the molecule is Cc1ccc(OP(O)OCCO)cc1. The van der Waals surface area contributed by atoms with E-state index in [9.17, 15) is 4.89 Å². The van der Waals surface area contributed by atoms with Crippen molar-refractivity contribution in [2.75, 3.05) is 13.2 Å². The predicted octanol–water partition coefficient (Wildman–Crippen LogP) is 1.60. The maximum Gasteiger partial charge on any atom is 0.394 e. The van der Waals surface area contributed by atoms with Crippen molar-refractivity contribution in [3.63, 3.8) is 0 Å². The molecule has 1 rings (SSSR count). The van der Waals surface area contributed by atoms with Gasteiger partial charge in [0, 0.05) is 0 Å². The molecule has 0 radical (unpaired) electrons. The standard InChI is InChI=1S/C9H13O4P/c1-8-2-4-9(5-3-8)13-14(11)12-7-6-10/h2-5,10-11H,6-7H2,1H3. The Bertz CT molecular complexity index is 262. The Kier molecular flexibility index (Phi) is 4.84. The summed E-state index contributed by atoms with van der Waals surface area (Å²) >= 11 is 0. The molecule has 0 saturated heterocycles. The van der Waals surface area contributed by atoms with Crippen LogP contribution in [0.15, 0.2) is 24.3 Å². The molecule has 0 heterocycles. The van der Waals surface area contributed by atoms with Gasteiger partial charge in [-0.05, 0) is 19.1 Å². The Hall–Kier alpha value is -0.670. The molecule has 0 spiro atoms. The first-order valence-electron chi connectivity index (χ1n) is 4.20. The highest BCUT2D eigenvalue weighted by atomic mass is 31.2. The third-order valence-electron chi connectivity index (χ3n) is 1.50. The molecule has 4 nitrogen and oxygen atoms in total. The number of aliphatic hydroxyl groups excluding tert-OH is 1. The minimum atomic E-state index is -1.93. The normalized spacial score (nSPS) is 12.5. The fourth-order valence-electron chi connectivity index (χ4n) is 0.835. The maximum atomic E-state index is 9.21. The van der Waals surface area contributed by atoms with Crippen LogP contribution in [0.2, 0.25) is 0 Å². The Labute approximate surface area is 84.1 Å². The highest BCUT2D eigenvalue weighted by Crippen LogP contribution is 2.34. The number of aliphatic hydroxyl groups is 1. The van der Waals surface area contributed by atoms with E-state index in [0.29, 0.717) is 5.75 Å². The summed E-state index contributed by atoms with van der Waals surface area (Å²) in [5.74, 6) is 0.558. The molecule has 1 atom stereocenters. The summed E-state index contributed by atoms with van der Waals surface area (Å²) in [6, 6.07) is 7.27. The van der Waals surface area contributed by atoms with Gasteiger partial charge in [0.2, 0.25) is 0 Å². The molecule has 14 heavy (non-hydrogen) atoms. The zero-order chi connectivity index (χ0) is 10.4. The molecule has 1 aromatic rings. The molecule has 0 aliphatic rings. The van der Waals surface area contributed by atoms with E-state index in [1.807, 2.05) is 19.1 Å². The van der Waals surface area contributed by atoms with E-state index in [2.05, 4.69) is 0 Å². The average Bonchev–Trinajstić information content (AvgIpc) is 2.18. The Morgan fingerprint density at radius 1 is 1.29 bits per heavy atom. The smallest absolute Gasteiger partial charge is 0.394 e. The zero-order valence-corrected chi connectivity index (χ0v) is 8.78. The molecule has 1 unspecified atom stereocenters. The second-order valence-corrected chi connectivity index (χ2v) is 3.62. The van der Waals surface area contributed by atoms with Crippen LogP contribution in [0.1, 0.15) is 5.56 Å². The van der Waals surface area contributed by atoms with E-state index < -0.39 is 8.60 Å². The lowest BCUT2D eigenvalue weighted by Crippen LogP contribution is -1.97. The predicted molar refractivity (Wildman–Crippen MR) is 54.0 cm³/mol. The van der Waals surface area contributed by atoms with Crippen LogP contribution < -0.4 is 4.52 Å². The molecular formula is C9H13O4P. The molecule has 5 heteroatoms. The highest BCUT2D eigenvalue weighted by molar-refractivity contribution is 7.41. The quantitative estimate of drug-likeness (QED) is 0.734. The van der Waals surface area contributed by atoms with Crippen molar-refractivity contribution in [2.45, 2.75) is 6.92 Å². The first-order valence-corrected chi connectivity index (χ1v) is 5.33. The summed E-state index contributed by atoms with van der Waals surface area (Å²) < 4.78 is 9.83. The summed E-state index contributed by atoms with van der Waals surface area (Å²) in [5.41, 5.74) is 1.12. The molecule has 0 aromatic heterocycles. The summed E-state index contributed by atoms with van der Waals surface area (Å²) in [6.07, 6.45) is 0. The minimum Gasteiger partial charge on any atom is -0.427 e. The second-order valence-electron chi connectivity index (χ2n) is 2.70. The summed E-state index contributed by atoms with van der Waals surface area (Å²) in [5, 5.41) is 8.44. The number of hydrogen-bond donors (Lipinski definition) is 2. The van der Waals surface area contributed by atoms with Gasteiger partial charge < -0.3 is 19.0 Å². The largest absolute Gasteiger partial charge is 0.427 e. The van der Waals surface area contributed by atoms with Crippen molar-refractivity contribution in [1.82, 2.24) is 0 Å². The van der Waals surface area contributed by atoms with Gasteiger partial charge in [0.15, 0.2) is 0 Å². The molecule has 0 saturated carbocycles. The van der Waals surface area contributed by atoms with E-state index in [1.54, 1.807) is 12.1 Å². The van der Waals surface area contributed by atoms with Crippen molar-refractivity contribution < 1.29 is 19.0 Å². The van der Waals surface area contributed by atoms with Crippen LogP contribution in [0, 0.1) is 6.92 Å². The number of hydrogen-bond acceptors (Lipinski definition) is 4. The zero-order valence-electron chi connectivity index (χ0n) is 7.88. The van der Waals surface area contributed by atoms with Gasteiger partial charge in [-0.15, -0.1) is 0 Å². The molecule has 0 bridgehead atoms. The van der Waals surface area contributed by atoms with E-state index in [1.165, 1.54) is 0 Å². The molecule has 0 aliphatic carbocycles.